The second-order valence-corrected chi connectivity index (χ2v) is 9.02. The van der Waals surface area contributed by atoms with Crippen molar-refractivity contribution in [3.05, 3.63) is 66.1 Å². The Morgan fingerprint density at radius 3 is 2.42 bits per heavy atom. The van der Waals surface area contributed by atoms with Crippen molar-refractivity contribution in [2.75, 3.05) is 5.73 Å². The molecule has 0 radical (unpaired) electrons. The highest BCUT2D eigenvalue weighted by molar-refractivity contribution is 5.99. The zero-order chi connectivity index (χ0) is 22.5. The number of primary amides is 1. The third-order valence-corrected chi connectivity index (χ3v) is 6.96. The lowest BCUT2D eigenvalue weighted by atomic mass is 9.87. The first-order chi connectivity index (χ1) is 16.1. The average molecular weight is 440 g/mol. The Kier molecular flexibility index (Phi) is 4.62. The third-order valence-electron chi connectivity index (χ3n) is 6.96. The SMILES string of the molecule is NC(=O)c1c([C@@H]2C[C@H]3CC[C@@H](C2)N3)nc2c(-c3ccc(-c4ccccc4)nc3)cnn2c1N. The summed E-state index contributed by atoms with van der Waals surface area (Å²) in [5, 5.41) is 8.07. The molecule has 8 heteroatoms. The first kappa shape index (κ1) is 19.9. The molecule has 1 aromatic carbocycles. The van der Waals surface area contributed by atoms with Gasteiger partial charge in [-0.1, -0.05) is 36.4 Å². The van der Waals surface area contributed by atoms with Gasteiger partial charge in [0.05, 0.1) is 17.6 Å². The number of amides is 1. The first-order valence-corrected chi connectivity index (χ1v) is 11.3. The van der Waals surface area contributed by atoms with E-state index >= 15 is 0 Å². The van der Waals surface area contributed by atoms with E-state index < -0.39 is 5.91 Å². The van der Waals surface area contributed by atoms with Crippen LogP contribution in [0, 0.1) is 0 Å². The van der Waals surface area contributed by atoms with E-state index in [9.17, 15) is 4.79 Å². The molecule has 3 aromatic heterocycles. The van der Waals surface area contributed by atoms with Gasteiger partial charge in [-0.25, -0.2) is 4.98 Å². The van der Waals surface area contributed by atoms with Crippen LogP contribution in [0.1, 0.15) is 47.7 Å². The van der Waals surface area contributed by atoms with Gasteiger partial charge in [-0.3, -0.25) is 9.78 Å². The number of nitrogens with two attached hydrogens (primary N) is 2. The maximum Gasteiger partial charge on any atom is 0.254 e. The number of hydrogen-bond donors (Lipinski definition) is 3. The zero-order valence-corrected chi connectivity index (χ0v) is 18.1. The van der Waals surface area contributed by atoms with Crippen LogP contribution in [-0.4, -0.2) is 37.6 Å². The molecule has 0 saturated carbocycles. The highest BCUT2D eigenvalue weighted by Gasteiger charge is 2.37. The first-order valence-electron chi connectivity index (χ1n) is 11.3. The summed E-state index contributed by atoms with van der Waals surface area (Å²) in [4.78, 5) is 22.0. The third kappa shape index (κ3) is 3.34. The predicted octanol–water partition coefficient (Wildman–Crippen LogP) is 3.14. The van der Waals surface area contributed by atoms with Crippen LogP contribution >= 0.6 is 0 Å². The van der Waals surface area contributed by atoms with E-state index in [4.69, 9.17) is 16.5 Å². The summed E-state index contributed by atoms with van der Waals surface area (Å²) >= 11 is 0. The molecule has 0 aliphatic carbocycles. The molecule has 0 spiro atoms. The molecular weight excluding hydrogens is 414 g/mol. The van der Waals surface area contributed by atoms with E-state index in [1.165, 1.54) is 4.52 Å². The fraction of sp³-hybridized carbons (Fsp3) is 0.280. The molecule has 2 fully saturated rings. The van der Waals surface area contributed by atoms with E-state index in [1.807, 2.05) is 48.7 Å². The molecule has 6 rings (SSSR count). The quantitative estimate of drug-likeness (QED) is 0.449. The number of nitrogen functional groups attached to an aromatic ring is 1. The topological polar surface area (TPSA) is 124 Å². The highest BCUT2D eigenvalue weighted by atomic mass is 16.1. The fourth-order valence-corrected chi connectivity index (χ4v) is 5.40. The van der Waals surface area contributed by atoms with E-state index in [0.29, 0.717) is 29.0 Å². The second-order valence-electron chi connectivity index (χ2n) is 9.02. The van der Waals surface area contributed by atoms with Crippen LogP contribution in [0.2, 0.25) is 0 Å². The van der Waals surface area contributed by atoms with Crippen LogP contribution in [0.3, 0.4) is 0 Å². The second kappa shape index (κ2) is 7.67. The minimum absolute atomic E-state index is 0.139. The smallest absolute Gasteiger partial charge is 0.254 e. The van der Waals surface area contributed by atoms with Gasteiger partial charge in [0.1, 0.15) is 11.4 Å². The molecule has 2 saturated heterocycles. The van der Waals surface area contributed by atoms with E-state index in [0.717, 1.165) is 48.1 Å². The Labute approximate surface area is 191 Å². The Hall–Kier alpha value is -3.78. The fourth-order valence-electron chi connectivity index (χ4n) is 5.40. The van der Waals surface area contributed by atoms with E-state index in [1.54, 1.807) is 6.20 Å². The normalized spacial score (nSPS) is 22.0. The predicted molar refractivity (Wildman–Crippen MR) is 127 cm³/mol. The number of nitrogens with one attached hydrogen (secondary N) is 1. The molecule has 8 nitrogen and oxygen atoms in total. The lowest BCUT2D eigenvalue weighted by Crippen LogP contribution is -2.38. The number of benzene rings is 1. The minimum atomic E-state index is -0.561. The van der Waals surface area contributed by atoms with Gasteiger partial charge >= 0.3 is 0 Å². The van der Waals surface area contributed by atoms with Crippen LogP contribution in [0.15, 0.2) is 54.9 Å². The van der Waals surface area contributed by atoms with Crippen molar-refractivity contribution in [2.24, 2.45) is 5.73 Å². The molecule has 5 N–H and O–H groups in total. The maximum atomic E-state index is 12.4. The zero-order valence-electron chi connectivity index (χ0n) is 18.1. The van der Waals surface area contributed by atoms with Crippen LogP contribution in [0.4, 0.5) is 5.82 Å². The Bertz CT molecular complexity index is 1330. The summed E-state index contributed by atoms with van der Waals surface area (Å²) in [5.74, 6) is -0.179. The number of piperidine rings is 1. The van der Waals surface area contributed by atoms with Crippen LogP contribution in [0.5, 0.6) is 0 Å². The van der Waals surface area contributed by atoms with Gasteiger partial charge in [0.25, 0.3) is 5.91 Å². The van der Waals surface area contributed by atoms with Crippen molar-refractivity contribution in [3.63, 3.8) is 0 Å². The Morgan fingerprint density at radius 2 is 1.76 bits per heavy atom. The summed E-state index contributed by atoms with van der Waals surface area (Å²) in [7, 11) is 0. The van der Waals surface area contributed by atoms with Gasteiger partial charge in [-0.05, 0) is 31.7 Å². The van der Waals surface area contributed by atoms with Gasteiger partial charge < -0.3 is 16.8 Å². The monoisotopic (exact) mass is 439 g/mol. The van der Waals surface area contributed by atoms with Crippen molar-refractivity contribution in [1.29, 1.82) is 0 Å². The van der Waals surface area contributed by atoms with Gasteiger partial charge in [-0.15, -0.1) is 0 Å². The number of nitrogens with zero attached hydrogens (tertiary/aromatic N) is 4. The molecule has 2 bridgehead atoms. The molecule has 2 aliphatic rings. The van der Waals surface area contributed by atoms with Crippen LogP contribution < -0.4 is 16.8 Å². The molecule has 5 heterocycles. The average Bonchev–Trinajstić information content (AvgIpc) is 3.42. The van der Waals surface area contributed by atoms with Gasteiger partial charge in [0.2, 0.25) is 0 Å². The lowest BCUT2D eigenvalue weighted by molar-refractivity contribution is 0.0998. The number of carbonyl (C=O) groups is 1. The molecule has 4 aromatic rings. The van der Waals surface area contributed by atoms with Gasteiger partial charge in [-0.2, -0.15) is 9.61 Å². The summed E-state index contributed by atoms with van der Waals surface area (Å²) in [6.07, 6.45) is 7.71. The summed E-state index contributed by atoms with van der Waals surface area (Å²) in [6.45, 7) is 0. The van der Waals surface area contributed by atoms with E-state index in [2.05, 4.69) is 15.4 Å². The number of hydrogen-bond acceptors (Lipinski definition) is 6. The van der Waals surface area contributed by atoms with Crippen molar-refractivity contribution < 1.29 is 4.79 Å². The summed E-state index contributed by atoms with van der Waals surface area (Å²) in [6, 6.07) is 14.9. The molecule has 2 aliphatic heterocycles. The van der Waals surface area contributed by atoms with Gasteiger partial charge in [0, 0.05) is 40.9 Å². The number of carbonyl (C=O) groups excluding carboxylic acids is 1. The summed E-state index contributed by atoms with van der Waals surface area (Å²) < 4.78 is 1.51. The number of rotatable bonds is 4. The molecular formula is C25H25N7O. The lowest BCUT2D eigenvalue weighted by Gasteiger charge is -2.29. The van der Waals surface area contributed by atoms with E-state index in [-0.39, 0.29) is 11.7 Å². The minimum Gasteiger partial charge on any atom is -0.383 e. The molecule has 3 atom stereocenters. The van der Waals surface area contributed by atoms with Crippen LogP contribution in [-0.2, 0) is 0 Å². The standard InChI is InChI=1S/C25H25N7O/c26-23-21(24(27)33)22(16-10-17-7-8-18(11-16)30-17)31-25-19(13-29-32(23)25)15-6-9-20(28-12-15)14-4-2-1-3-5-14/h1-6,9,12-13,16-18,30H,7-8,10-11,26H2,(H2,27,33)/t16-,17-,18+. The molecule has 166 valence electrons. The molecule has 33 heavy (non-hydrogen) atoms. The van der Waals surface area contributed by atoms with Crippen molar-refractivity contribution in [1.82, 2.24) is 24.9 Å². The van der Waals surface area contributed by atoms with Crippen molar-refractivity contribution >= 4 is 17.4 Å². The Balaban J connectivity index is 1.45. The number of pyridine rings is 1. The number of fused-ring (bicyclic) bond motifs is 3. The van der Waals surface area contributed by atoms with Gasteiger partial charge in [0.15, 0.2) is 5.65 Å². The Morgan fingerprint density at radius 1 is 1.00 bits per heavy atom. The number of aromatic nitrogens is 4. The highest BCUT2D eigenvalue weighted by Crippen LogP contribution is 2.39. The molecule has 1 amide bonds. The number of anilines is 1. The summed E-state index contributed by atoms with van der Waals surface area (Å²) in [5.41, 5.74) is 17.5. The molecule has 0 unspecified atom stereocenters. The van der Waals surface area contributed by atoms with Crippen molar-refractivity contribution in [2.45, 2.75) is 43.7 Å². The maximum absolute atomic E-state index is 12.4. The van der Waals surface area contributed by atoms with Crippen LogP contribution in [0.25, 0.3) is 28.0 Å². The van der Waals surface area contributed by atoms with Crippen molar-refractivity contribution in [3.8, 4) is 22.4 Å². The largest absolute Gasteiger partial charge is 0.383 e.